The van der Waals surface area contributed by atoms with Gasteiger partial charge in [0.1, 0.15) is 73.2 Å². The Morgan fingerprint density at radius 2 is 0.600 bits per heavy atom. The molecule has 0 aromatic carbocycles. The van der Waals surface area contributed by atoms with Crippen LogP contribution in [0, 0.1) is 0 Å². The second-order valence-corrected chi connectivity index (χ2v) is 28.9. The molecule has 3 saturated heterocycles. The minimum absolute atomic E-state index is 0.236. The maximum Gasteiger partial charge on any atom is 0.220 e. The lowest BCUT2D eigenvalue weighted by atomic mass is 9.96. The molecule has 0 spiro atoms. The monoisotopic (exact) mass is 1360 g/mol. The van der Waals surface area contributed by atoms with Crippen molar-refractivity contribution in [3.05, 3.63) is 0 Å². The van der Waals surface area contributed by atoms with Gasteiger partial charge in [0.25, 0.3) is 0 Å². The zero-order chi connectivity index (χ0) is 68.9. The molecule has 3 heterocycles. The Hall–Kier alpha value is -1.21. The summed E-state index contributed by atoms with van der Waals surface area (Å²) in [6.07, 6.45) is 39.7. The Kier molecular flexibility index (Phi) is 54.0. The molecule has 12 N–H and O–H groups in total. The third-order valence-corrected chi connectivity index (χ3v) is 20.4. The highest BCUT2D eigenvalue weighted by atomic mass is 16.8. The molecule has 3 rings (SSSR count). The van der Waals surface area contributed by atoms with E-state index in [1.165, 1.54) is 270 Å². The molecule has 19 heteroatoms. The SMILES string of the molecule is CCCCCCCCCCCCCCCCCCCCCCCCCCCCCCCCCCCCCCCCCC(=O)NC(COC1OC(CO)C(OC2OC(CO)C(OC3OC(CO)C(O)C(O)C3O)C(O)C2O)C(O)C1O)C(O)CCCCCCCCCCCCC. The first-order valence-corrected chi connectivity index (χ1v) is 39.8. The van der Waals surface area contributed by atoms with E-state index in [4.69, 9.17) is 28.4 Å². The van der Waals surface area contributed by atoms with Crippen LogP contribution in [0.3, 0.4) is 0 Å². The van der Waals surface area contributed by atoms with E-state index in [2.05, 4.69) is 19.2 Å². The Morgan fingerprint density at radius 3 is 0.916 bits per heavy atom. The summed E-state index contributed by atoms with van der Waals surface area (Å²) in [4.78, 5) is 13.4. The number of amides is 1. The molecule has 0 aromatic heterocycles. The minimum atomic E-state index is -1.97. The molecular formula is C76H147NO18. The standard InChI is InChI=1S/C76H147NO18/c1-3-5-7-9-11-13-15-16-17-18-19-20-21-22-23-24-25-26-27-28-29-30-31-32-33-34-35-36-37-38-39-40-41-42-44-46-48-50-52-54-64(82)77-59(60(81)53-51-49-47-45-43-14-12-10-8-6-4-2)58-90-74-70(88)67(85)72(62(56-79)92-74)95-76-71(89)68(86)73(63(57-80)93-76)94-75-69(87)66(84)65(83)61(55-78)91-75/h59-63,65-76,78-81,83-89H,3-58H2,1-2H3,(H,77,82). The smallest absolute Gasteiger partial charge is 0.220 e. The zero-order valence-corrected chi connectivity index (χ0v) is 60.2. The van der Waals surface area contributed by atoms with Crippen molar-refractivity contribution < 1.29 is 89.4 Å². The summed E-state index contributed by atoms with van der Waals surface area (Å²) in [5, 5.41) is 121. The van der Waals surface area contributed by atoms with Gasteiger partial charge in [-0.25, -0.2) is 0 Å². The highest BCUT2D eigenvalue weighted by Crippen LogP contribution is 2.33. The molecule has 19 nitrogen and oxygen atoms in total. The lowest BCUT2D eigenvalue weighted by Gasteiger charge is -2.48. The summed E-state index contributed by atoms with van der Waals surface area (Å²) in [7, 11) is 0. The van der Waals surface area contributed by atoms with E-state index in [1.54, 1.807) is 0 Å². The first kappa shape index (κ1) is 88.0. The van der Waals surface area contributed by atoms with E-state index in [1.807, 2.05) is 0 Å². The van der Waals surface area contributed by atoms with E-state index in [0.29, 0.717) is 12.8 Å². The normalized spacial score (nSPS) is 27.1. The fourth-order valence-electron chi connectivity index (χ4n) is 14.0. The zero-order valence-electron chi connectivity index (χ0n) is 60.2. The molecule has 17 unspecified atom stereocenters. The summed E-state index contributed by atoms with van der Waals surface area (Å²) in [5.74, 6) is -0.236. The van der Waals surface area contributed by atoms with Crippen molar-refractivity contribution in [3.63, 3.8) is 0 Å². The maximum atomic E-state index is 13.4. The molecule has 1 amide bonds. The molecule has 95 heavy (non-hydrogen) atoms. The van der Waals surface area contributed by atoms with E-state index in [9.17, 15) is 61.0 Å². The van der Waals surface area contributed by atoms with E-state index < -0.39 is 124 Å². The molecule has 0 bridgehead atoms. The number of aliphatic hydroxyl groups is 11. The number of rotatable bonds is 64. The maximum absolute atomic E-state index is 13.4. The highest BCUT2D eigenvalue weighted by Gasteiger charge is 2.54. The number of carbonyl (C=O) groups is 1. The van der Waals surface area contributed by atoms with Gasteiger partial charge in [0, 0.05) is 6.42 Å². The van der Waals surface area contributed by atoms with Crippen molar-refractivity contribution in [2.24, 2.45) is 0 Å². The van der Waals surface area contributed by atoms with Crippen LogP contribution < -0.4 is 5.32 Å². The molecule has 564 valence electrons. The van der Waals surface area contributed by atoms with Crippen LogP contribution in [0.5, 0.6) is 0 Å². The molecule has 0 aliphatic carbocycles. The fraction of sp³-hybridized carbons (Fsp3) is 0.987. The molecule has 0 saturated carbocycles. The summed E-state index contributed by atoms with van der Waals surface area (Å²) >= 11 is 0. The van der Waals surface area contributed by atoms with Gasteiger partial charge in [0.05, 0.1) is 38.6 Å². The minimum Gasteiger partial charge on any atom is -0.394 e. The molecule has 0 radical (unpaired) electrons. The quantitative estimate of drug-likeness (QED) is 0.0252. The molecule has 3 fully saturated rings. The average molecular weight is 1360 g/mol. The van der Waals surface area contributed by atoms with Gasteiger partial charge < -0.3 is 89.9 Å². The van der Waals surface area contributed by atoms with Crippen LogP contribution >= 0.6 is 0 Å². The van der Waals surface area contributed by atoms with Gasteiger partial charge in [-0.05, 0) is 12.8 Å². The number of hydrogen-bond donors (Lipinski definition) is 12. The lowest BCUT2D eigenvalue weighted by molar-refractivity contribution is -0.379. The Morgan fingerprint density at radius 1 is 0.337 bits per heavy atom. The second-order valence-electron chi connectivity index (χ2n) is 28.9. The Bertz CT molecular complexity index is 1720. The molecular weight excluding hydrogens is 1210 g/mol. The van der Waals surface area contributed by atoms with Crippen LogP contribution in [0.2, 0.25) is 0 Å². The summed E-state index contributed by atoms with van der Waals surface area (Å²) in [5.41, 5.74) is 0. The van der Waals surface area contributed by atoms with Crippen molar-refractivity contribution >= 4 is 5.91 Å². The average Bonchev–Trinajstić information content (AvgIpc) is 0.787. The number of nitrogens with one attached hydrogen (secondary N) is 1. The number of unbranched alkanes of at least 4 members (excludes halogenated alkanes) is 48. The Labute approximate surface area is 576 Å². The van der Waals surface area contributed by atoms with Gasteiger partial charge in [0.15, 0.2) is 18.9 Å². The van der Waals surface area contributed by atoms with E-state index in [-0.39, 0.29) is 18.9 Å². The van der Waals surface area contributed by atoms with Crippen LogP contribution in [-0.4, -0.2) is 193 Å². The number of carbonyl (C=O) groups excluding carboxylic acids is 1. The van der Waals surface area contributed by atoms with Crippen LogP contribution in [0.15, 0.2) is 0 Å². The van der Waals surface area contributed by atoms with E-state index in [0.717, 1.165) is 44.9 Å². The van der Waals surface area contributed by atoms with Gasteiger partial charge in [-0.2, -0.15) is 0 Å². The number of ether oxygens (including phenoxy) is 6. The number of hydrogen-bond acceptors (Lipinski definition) is 18. The topological polar surface area (TPSA) is 307 Å². The van der Waals surface area contributed by atoms with Crippen molar-refractivity contribution in [3.8, 4) is 0 Å². The Balaban J connectivity index is 1.25. The molecule has 3 aliphatic heterocycles. The van der Waals surface area contributed by atoms with Crippen molar-refractivity contribution in [2.75, 3.05) is 26.4 Å². The van der Waals surface area contributed by atoms with Crippen LogP contribution in [0.1, 0.15) is 348 Å². The van der Waals surface area contributed by atoms with Crippen LogP contribution in [-0.2, 0) is 33.2 Å². The van der Waals surface area contributed by atoms with Crippen molar-refractivity contribution in [1.29, 1.82) is 0 Å². The van der Waals surface area contributed by atoms with E-state index >= 15 is 0 Å². The lowest BCUT2D eigenvalue weighted by Crippen LogP contribution is -2.66. The molecule has 3 aliphatic rings. The fourth-order valence-corrected chi connectivity index (χ4v) is 14.0. The van der Waals surface area contributed by atoms with Crippen LogP contribution in [0.25, 0.3) is 0 Å². The third-order valence-electron chi connectivity index (χ3n) is 20.4. The largest absolute Gasteiger partial charge is 0.394 e. The van der Waals surface area contributed by atoms with Gasteiger partial charge in [0.2, 0.25) is 5.91 Å². The molecule has 17 atom stereocenters. The summed E-state index contributed by atoms with van der Waals surface area (Å²) in [6, 6.07) is -0.881. The number of aliphatic hydroxyl groups excluding tert-OH is 11. The first-order chi connectivity index (χ1) is 46.3. The summed E-state index contributed by atoms with van der Waals surface area (Å²) in [6.45, 7) is 1.83. The highest BCUT2D eigenvalue weighted by molar-refractivity contribution is 5.76. The third kappa shape index (κ3) is 39.1. The second kappa shape index (κ2) is 58.3. The van der Waals surface area contributed by atoms with Gasteiger partial charge in [-0.1, -0.05) is 328 Å². The van der Waals surface area contributed by atoms with Crippen molar-refractivity contribution in [1.82, 2.24) is 5.32 Å². The summed E-state index contributed by atoms with van der Waals surface area (Å²) < 4.78 is 34.4. The van der Waals surface area contributed by atoms with Crippen molar-refractivity contribution in [2.45, 2.75) is 452 Å². The molecule has 0 aromatic rings. The van der Waals surface area contributed by atoms with Gasteiger partial charge >= 0.3 is 0 Å². The van der Waals surface area contributed by atoms with Crippen LogP contribution in [0.4, 0.5) is 0 Å². The van der Waals surface area contributed by atoms with Gasteiger partial charge in [-0.15, -0.1) is 0 Å². The first-order valence-electron chi connectivity index (χ1n) is 39.8. The predicted octanol–water partition coefficient (Wildman–Crippen LogP) is 12.6. The predicted molar refractivity (Wildman–Crippen MR) is 374 cm³/mol. The van der Waals surface area contributed by atoms with Gasteiger partial charge in [-0.3, -0.25) is 4.79 Å².